The monoisotopic (exact) mass is 782 g/mol. The fraction of sp³-hybridized carbons (Fsp3) is 0.111. The lowest BCUT2D eigenvalue weighted by molar-refractivity contribution is -0.385. The van der Waals surface area contributed by atoms with Gasteiger partial charge in [-0.1, -0.05) is 13.8 Å². The number of nitrogens with zero attached hydrogens (tertiary/aromatic N) is 2. The fourth-order valence-corrected chi connectivity index (χ4v) is 6.41. The lowest BCUT2D eigenvalue weighted by atomic mass is 9.78. The second-order valence-electron chi connectivity index (χ2n) is 8.87. The maximum atomic E-state index is 10.9. The largest absolute Gasteiger partial charge is 0.455 e. The molecular weight excluding hydrogens is 768 g/mol. The molecule has 0 atom stereocenters. The van der Waals surface area contributed by atoms with Gasteiger partial charge in [0.2, 0.25) is 0 Å². The molecule has 4 aromatic rings. The van der Waals surface area contributed by atoms with Crippen LogP contribution in [0.2, 0.25) is 0 Å². The minimum absolute atomic E-state index is 0.0148. The van der Waals surface area contributed by atoms with E-state index in [-0.39, 0.29) is 11.4 Å². The van der Waals surface area contributed by atoms with Gasteiger partial charge in [0, 0.05) is 29.7 Å². The van der Waals surface area contributed by atoms with Crippen molar-refractivity contribution < 1.29 is 19.3 Å². The van der Waals surface area contributed by atoms with Crippen molar-refractivity contribution >= 4 is 75.1 Å². The Morgan fingerprint density at radius 3 is 1.13 bits per heavy atom. The number of rotatable bonds is 8. The zero-order chi connectivity index (χ0) is 28.5. The third-order valence-corrected chi connectivity index (χ3v) is 8.33. The van der Waals surface area contributed by atoms with Crippen molar-refractivity contribution in [1.82, 2.24) is 0 Å². The summed E-state index contributed by atoms with van der Waals surface area (Å²) in [6.07, 6.45) is 0. The second-order valence-corrected chi connectivity index (χ2v) is 12.3. The Bertz CT molecular complexity index is 1410. The van der Waals surface area contributed by atoms with Gasteiger partial charge in [0.05, 0.1) is 27.7 Å². The third-order valence-electron chi connectivity index (χ3n) is 5.97. The van der Waals surface area contributed by atoms with E-state index in [2.05, 4.69) is 77.6 Å². The molecule has 12 heteroatoms. The van der Waals surface area contributed by atoms with E-state index in [4.69, 9.17) is 9.47 Å². The summed E-state index contributed by atoms with van der Waals surface area (Å²) in [7, 11) is 0. The SMILES string of the molecule is CC(C)(c1cc(Br)c(Oc2ccc([N+](=O)[O-])cc2)c(Br)c1)c1cc(Br)c(Oc2ccc([N+](=O)[O-])cc2)c(Br)c1. The number of ether oxygens (including phenoxy) is 2. The molecule has 0 unspecified atom stereocenters. The summed E-state index contributed by atoms with van der Waals surface area (Å²) >= 11 is 14.4. The van der Waals surface area contributed by atoms with Crippen LogP contribution < -0.4 is 9.47 Å². The molecule has 0 bridgehead atoms. The smallest absolute Gasteiger partial charge is 0.269 e. The van der Waals surface area contributed by atoms with E-state index < -0.39 is 15.3 Å². The number of hydrogen-bond acceptors (Lipinski definition) is 6. The molecule has 0 aliphatic heterocycles. The Hall–Kier alpha value is -2.80. The summed E-state index contributed by atoms with van der Waals surface area (Å²) in [6.45, 7) is 4.17. The molecular formula is C27H18Br4N2O6. The van der Waals surface area contributed by atoms with Gasteiger partial charge in [0.25, 0.3) is 11.4 Å². The zero-order valence-corrected chi connectivity index (χ0v) is 26.6. The second kappa shape index (κ2) is 11.7. The van der Waals surface area contributed by atoms with Crippen LogP contribution in [0.5, 0.6) is 23.0 Å². The predicted molar refractivity (Wildman–Crippen MR) is 162 cm³/mol. The minimum Gasteiger partial charge on any atom is -0.455 e. The quantitative estimate of drug-likeness (QED) is 0.130. The summed E-state index contributed by atoms with van der Waals surface area (Å²) in [4.78, 5) is 20.9. The highest BCUT2D eigenvalue weighted by Crippen LogP contribution is 2.45. The van der Waals surface area contributed by atoms with Crippen LogP contribution in [-0.2, 0) is 5.41 Å². The van der Waals surface area contributed by atoms with Gasteiger partial charge in [-0.05, 0) is 123 Å². The molecule has 0 amide bonds. The summed E-state index contributed by atoms with van der Waals surface area (Å²) in [6, 6.07) is 19.6. The average molecular weight is 786 g/mol. The number of nitro benzene ring substituents is 2. The Morgan fingerprint density at radius 2 is 0.872 bits per heavy atom. The van der Waals surface area contributed by atoms with Crippen LogP contribution in [-0.4, -0.2) is 9.85 Å². The Balaban J connectivity index is 1.60. The van der Waals surface area contributed by atoms with Crippen LogP contribution >= 0.6 is 63.7 Å². The van der Waals surface area contributed by atoms with Gasteiger partial charge in [-0.15, -0.1) is 0 Å². The minimum atomic E-state index is -0.461. The summed E-state index contributed by atoms with van der Waals surface area (Å²) < 4.78 is 14.8. The molecule has 0 heterocycles. The van der Waals surface area contributed by atoms with Crippen LogP contribution in [0.3, 0.4) is 0 Å². The van der Waals surface area contributed by atoms with Gasteiger partial charge in [-0.2, -0.15) is 0 Å². The van der Waals surface area contributed by atoms with Crippen LogP contribution in [0.4, 0.5) is 11.4 Å². The molecule has 0 aliphatic rings. The Morgan fingerprint density at radius 1 is 0.590 bits per heavy atom. The first-order valence-corrected chi connectivity index (χ1v) is 14.4. The zero-order valence-electron chi connectivity index (χ0n) is 20.3. The highest BCUT2D eigenvalue weighted by atomic mass is 79.9. The lowest BCUT2D eigenvalue weighted by Gasteiger charge is -2.28. The molecule has 0 radical (unpaired) electrons. The molecule has 4 rings (SSSR count). The molecule has 0 saturated heterocycles. The van der Waals surface area contributed by atoms with Crippen molar-refractivity contribution in [2.75, 3.05) is 0 Å². The normalized spacial score (nSPS) is 11.2. The molecule has 8 nitrogen and oxygen atoms in total. The van der Waals surface area contributed by atoms with Crippen molar-refractivity contribution in [3.05, 3.63) is 122 Å². The highest BCUT2D eigenvalue weighted by molar-refractivity contribution is 9.11. The topological polar surface area (TPSA) is 105 Å². The van der Waals surface area contributed by atoms with Crippen LogP contribution in [0.15, 0.2) is 90.7 Å². The fourth-order valence-electron chi connectivity index (χ4n) is 3.71. The number of hydrogen-bond donors (Lipinski definition) is 0. The van der Waals surface area contributed by atoms with Gasteiger partial charge in [-0.3, -0.25) is 20.2 Å². The van der Waals surface area contributed by atoms with Gasteiger partial charge >= 0.3 is 0 Å². The van der Waals surface area contributed by atoms with E-state index >= 15 is 0 Å². The van der Waals surface area contributed by atoms with Crippen LogP contribution in [0, 0.1) is 20.2 Å². The number of nitro groups is 2. The van der Waals surface area contributed by atoms with Crippen molar-refractivity contribution in [3.8, 4) is 23.0 Å². The van der Waals surface area contributed by atoms with E-state index in [0.717, 1.165) is 11.1 Å². The van der Waals surface area contributed by atoms with Crippen molar-refractivity contribution in [1.29, 1.82) is 0 Å². The Kier molecular flexibility index (Phi) is 8.79. The first-order chi connectivity index (χ1) is 18.4. The van der Waals surface area contributed by atoms with Crippen LogP contribution in [0.1, 0.15) is 25.0 Å². The van der Waals surface area contributed by atoms with Gasteiger partial charge in [0.1, 0.15) is 11.5 Å². The van der Waals surface area contributed by atoms with Crippen LogP contribution in [0.25, 0.3) is 0 Å². The Labute approximate surface area is 257 Å². The molecule has 0 N–H and O–H groups in total. The number of halogens is 4. The van der Waals surface area contributed by atoms with Gasteiger partial charge in [-0.25, -0.2) is 0 Å². The van der Waals surface area contributed by atoms with E-state index in [9.17, 15) is 20.2 Å². The van der Waals surface area contributed by atoms with Crippen molar-refractivity contribution in [3.63, 3.8) is 0 Å². The average Bonchev–Trinajstić information content (AvgIpc) is 2.88. The first kappa shape index (κ1) is 29.2. The maximum Gasteiger partial charge on any atom is 0.269 e. The van der Waals surface area contributed by atoms with Gasteiger partial charge in [0.15, 0.2) is 11.5 Å². The molecule has 0 spiro atoms. The van der Waals surface area contributed by atoms with E-state index in [1.54, 1.807) is 24.3 Å². The van der Waals surface area contributed by atoms with E-state index in [1.165, 1.54) is 24.3 Å². The standard InChI is InChI=1S/C27H18Br4N2O6/c1-27(2,15-11-21(28)25(22(29)12-15)38-19-7-3-17(4-8-19)32(34)35)16-13-23(30)26(24(31)14-16)39-20-9-5-18(6-10-20)33(36)37/h3-14H,1-2H3. The first-order valence-electron chi connectivity index (χ1n) is 11.2. The lowest BCUT2D eigenvalue weighted by Crippen LogP contribution is -2.19. The predicted octanol–water partition coefficient (Wildman–Crippen LogP) is 10.5. The molecule has 0 saturated carbocycles. The number of non-ortho nitro benzene ring substituents is 2. The summed E-state index contributed by atoms with van der Waals surface area (Å²) in [5.41, 5.74) is 1.49. The van der Waals surface area contributed by atoms with E-state index in [0.29, 0.717) is 40.9 Å². The molecule has 0 fully saturated rings. The third kappa shape index (κ3) is 6.51. The van der Waals surface area contributed by atoms with Gasteiger partial charge < -0.3 is 9.47 Å². The summed E-state index contributed by atoms with van der Waals surface area (Å²) in [5, 5.41) is 21.8. The molecule has 39 heavy (non-hydrogen) atoms. The highest BCUT2D eigenvalue weighted by Gasteiger charge is 2.28. The molecule has 4 aromatic carbocycles. The number of benzene rings is 4. The van der Waals surface area contributed by atoms with E-state index in [1.807, 2.05) is 24.3 Å². The molecule has 200 valence electrons. The van der Waals surface area contributed by atoms with Crippen molar-refractivity contribution in [2.45, 2.75) is 19.3 Å². The maximum absolute atomic E-state index is 10.9. The molecule has 0 aliphatic carbocycles. The summed E-state index contributed by atoms with van der Waals surface area (Å²) in [5.74, 6) is 2.01. The molecule has 0 aromatic heterocycles. The van der Waals surface area contributed by atoms with Crippen molar-refractivity contribution in [2.24, 2.45) is 0 Å².